The van der Waals surface area contributed by atoms with Crippen molar-refractivity contribution in [2.45, 2.75) is 52.1 Å². The molecule has 1 aliphatic carbocycles. The third kappa shape index (κ3) is 5.71. The monoisotopic (exact) mass is 291 g/mol. The lowest BCUT2D eigenvalue weighted by Gasteiger charge is -2.12. The van der Waals surface area contributed by atoms with Crippen LogP contribution in [0.3, 0.4) is 0 Å². The summed E-state index contributed by atoms with van der Waals surface area (Å²) < 4.78 is 5.62. The summed E-state index contributed by atoms with van der Waals surface area (Å²) in [5.74, 6) is 0.615. The largest absolute Gasteiger partial charge is 0.482 e. The van der Waals surface area contributed by atoms with Crippen LogP contribution in [0.2, 0.25) is 0 Å². The number of hydrogen-bond acceptors (Lipinski definition) is 4. The normalized spacial score (nSPS) is 14.0. The maximum absolute atomic E-state index is 11.7. The molecule has 0 aliphatic heterocycles. The van der Waals surface area contributed by atoms with Crippen molar-refractivity contribution >= 4 is 5.91 Å². The molecule has 1 amide bonds. The Balaban J connectivity index is 1.84. The number of carbonyl (C=O) groups is 1. The van der Waals surface area contributed by atoms with Crippen molar-refractivity contribution in [3.63, 3.8) is 0 Å². The van der Waals surface area contributed by atoms with Crippen molar-refractivity contribution in [2.75, 3.05) is 13.2 Å². The van der Waals surface area contributed by atoms with Crippen LogP contribution in [0, 0.1) is 6.92 Å². The molecule has 2 N–H and O–H groups in total. The number of ether oxygens (including phenoxy) is 1. The van der Waals surface area contributed by atoms with E-state index in [0.29, 0.717) is 24.9 Å². The van der Waals surface area contributed by atoms with E-state index in [1.54, 1.807) is 0 Å². The second-order valence-electron chi connectivity index (χ2n) is 5.54. The number of aryl methyl sites for hydroxylation is 1. The summed E-state index contributed by atoms with van der Waals surface area (Å²) in [5, 5.41) is 6.27. The van der Waals surface area contributed by atoms with E-state index >= 15 is 0 Å². The summed E-state index contributed by atoms with van der Waals surface area (Å²) in [6.07, 6.45) is 4.54. The average molecular weight is 291 g/mol. The topological polar surface area (TPSA) is 63.2 Å². The summed E-state index contributed by atoms with van der Waals surface area (Å²) in [5.41, 5.74) is 1.84. The van der Waals surface area contributed by atoms with Gasteiger partial charge in [0.15, 0.2) is 6.61 Å². The summed E-state index contributed by atoms with van der Waals surface area (Å²) in [4.78, 5) is 16.2. The quantitative estimate of drug-likeness (QED) is 0.683. The fourth-order valence-corrected chi connectivity index (χ4v) is 1.98. The number of pyridine rings is 1. The van der Waals surface area contributed by atoms with Gasteiger partial charge < -0.3 is 15.4 Å². The SMILES string of the molecule is CCCCNC(=O)COc1ccc(C)nc1CNC1CC1. The van der Waals surface area contributed by atoms with Crippen LogP contribution in [0.15, 0.2) is 12.1 Å². The summed E-state index contributed by atoms with van der Waals surface area (Å²) in [6, 6.07) is 4.42. The smallest absolute Gasteiger partial charge is 0.257 e. The Morgan fingerprint density at radius 2 is 2.24 bits per heavy atom. The standard InChI is InChI=1S/C16H25N3O2/c1-3-4-9-17-16(20)11-21-15-8-5-12(2)19-14(15)10-18-13-6-7-13/h5,8,13,18H,3-4,6-7,9-11H2,1-2H3,(H,17,20). The highest BCUT2D eigenvalue weighted by atomic mass is 16.5. The maximum Gasteiger partial charge on any atom is 0.257 e. The molecule has 0 radical (unpaired) electrons. The first-order valence-electron chi connectivity index (χ1n) is 7.78. The fourth-order valence-electron chi connectivity index (χ4n) is 1.98. The fraction of sp³-hybridized carbons (Fsp3) is 0.625. The van der Waals surface area contributed by atoms with E-state index in [-0.39, 0.29) is 12.5 Å². The highest BCUT2D eigenvalue weighted by Gasteiger charge is 2.21. The predicted octanol–water partition coefficient (Wildman–Crippen LogP) is 1.94. The number of rotatable bonds is 9. The first-order valence-corrected chi connectivity index (χ1v) is 7.78. The summed E-state index contributed by atoms with van der Waals surface area (Å²) in [6.45, 7) is 5.51. The number of amides is 1. The van der Waals surface area contributed by atoms with Crippen molar-refractivity contribution in [3.05, 3.63) is 23.5 Å². The molecule has 1 heterocycles. The first-order chi connectivity index (χ1) is 10.2. The van der Waals surface area contributed by atoms with Gasteiger partial charge in [0, 0.05) is 24.8 Å². The van der Waals surface area contributed by atoms with Crippen LogP contribution < -0.4 is 15.4 Å². The predicted molar refractivity (Wildman–Crippen MR) is 82.2 cm³/mol. The molecule has 116 valence electrons. The van der Waals surface area contributed by atoms with Crippen LogP contribution in [0.1, 0.15) is 44.0 Å². The van der Waals surface area contributed by atoms with Crippen molar-refractivity contribution in [1.29, 1.82) is 0 Å². The Labute approximate surface area is 126 Å². The molecule has 1 aliphatic rings. The molecule has 0 aromatic carbocycles. The molecule has 5 nitrogen and oxygen atoms in total. The third-order valence-corrected chi connectivity index (χ3v) is 3.42. The minimum absolute atomic E-state index is 0.0465. The van der Waals surface area contributed by atoms with E-state index in [9.17, 15) is 4.79 Å². The second kappa shape index (κ2) is 7.98. The van der Waals surface area contributed by atoms with Crippen LogP contribution in [-0.4, -0.2) is 30.1 Å². The Morgan fingerprint density at radius 1 is 1.43 bits per heavy atom. The van der Waals surface area contributed by atoms with E-state index in [0.717, 1.165) is 24.2 Å². The summed E-state index contributed by atoms with van der Waals surface area (Å²) in [7, 11) is 0. The van der Waals surface area contributed by atoms with Gasteiger partial charge in [-0.25, -0.2) is 0 Å². The van der Waals surface area contributed by atoms with Gasteiger partial charge >= 0.3 is 0 Å². The van der Waals surface area contributed by atoms with Gasteiger partial charge in [0.05, 0.1) is 5.69 Å². The van der Waals surface area contributed by atoms with Gasteiger partial charge in [0.2, 0.25) is 0 Å². The van der Waals surface area contributed by atoms with Crippen LogP contribution in [0.5, 0.6) is 5.75 Å². The molecular weight excluding hydrogens is 266 g/mol. The molecule has 1 saturated carbocycles. The zero-order chi connectivity index (χ0) is 15.1. The maximum atomic E-state index is 11.7. The average Bonchev–Trinajstić information content (AvgIpc) is 3.28. The molecule has 5 heteroatoms. The van der Waals surface area contributed by atoms with E-state index in [1.165, 1.54) is 12.8 Å². The van der Waals surface area contributed by atoms with Crippen LogP contribution >= 0.6 is 0 Å². The Hall–Kier alpha value is -1.62. The Bertz CT molecular complexity index is 473. The molecule has 0 bridgehead atoms. The Morgan fingerprint density at radius 3 is 2.95 bits per heavy atom. The highest BCUT2D eigenvalue weighted by molar-refractivity contribution is 5.77. The highest BCUT2D eigenvalue weighted by Crippen LogP contribution is 2.22. The van der Waals surface area contributed by atoms with E-state index in [2.05, 4.69) is 22.5 Å². The van der Waals surface area contributed by atoms with E-state index < -0.39 is 0 Å². The molecule has 21 heavy (non-hydrogen) atoms. The minimum atomic E-state index is -0.0786. The zero-order valence-corrected chi connectivity index (χ0v) is 12.9. The van der Waals surface area contributed by atoms with Gasteiger partial charge in [-0.15, -0.1) is 0 Å². The summed E-state index contributed by atoms with van der Waals surface area (Å²) >= 11 is 0. The van der Waals surface area contributed by atoms with Crippen molar-refractivity contribution in [3.8, 4) is 5.75 Å². The van der Waals surface area contributed by atoms with E-state index in [4.69, 9.17) is 4.74 Å². The minimum Gasteiger partial charge on any atom is -0.482 e. The number of nitrogens with zero attached hydrogens (tertiary/aromatic N) is 1. The lowest BCUT2D eigenvalue weighted by molar-refractivity contribution is -0.123. The van der Waals surface area contributed by atoms with Crippen LogP contribution in [0.25, 0.3) is 0 Å². The molecule has 0 spiro atoms. The number of unbranched alkanes of at least 4 members (excludes halogenated alkanes) is 1. The molecule has 0 saturated heterocycles. The van der Waals surface area contributed by atoms with Crippen molar-refractivity contribution < 1.29 is 9.53 Å². The van der Waals surface area contributed by atoms with Crippen molar-refractivity contribution in [1.82, 2.24) is 15.6 Å². The van der Waals surface area contributed by atoms with Gasteiger partial charge in [-0.2, -0.15) is 0 Å². The van der Waals surface area contributed by atoms with Crippen molar-refractivity contribution in [2.24, 2.45) is 0 Å². The number of hydrogen-bond donors (Lipinski definition) is 2. The number of carbonyl (C=O) groups excluding carboxylic acids is 1. The molecule has 2 rings (SSSR count). The van der Waals surface area contributed by atoms with Gasteiger partial charge in [0.25, 0.3) is 5.91 Å². The van der Waals surface area contributed by atoms with Gasteiger partial charge in [-0.1, -0.05) is 13.3 Å². The molecule has 1 aromatic rings. The first kappa shape index (κ1) is 15.8. The van der Waals surface area contributed by atoms with Gasteiger partial charge in [0.1, 0.15) is 5.75 Å². The molecular formula is C16H25N3O2. The van der Waals surface area contributed by atoms with Crippen LogP contribution in [0.4, 0.5) is 0 Å². The van der Waals surface area contributed by atoms with Gasteiger partial charge in [-0.3, -0.25) is 9.78 Å². The zero-order valence-electron chi connectivity index (χ0n) is 12.9. The number of aromatic nitrogens is 1. The van der Waals surface area contributed by atoms with Gasteiger partial charge in [-0.05, 0) is 38.3 Å². The van der Waals surface area contributed by atoms with E-state index in [1.807, 2.05) is 19.1 Å². The lowest BCUT2D eigenvalue weighted by Crippen LogP contribution is -2.30. The molecule has 0 unspecified atom stereocenters. The van der Waals surface area contributed by atoms with Crippen LogP contribution in [-0.2, 0) is 11.3 Å². The lowest BCUT2D eigenvalue weighted by atomic mass is 10.3. The Kier molecular flexibility index (Phi) is 5.99. The molecule has 1 fully saturated rings. The molecule has 1 aromatic heterocycles. The third-order valence-electron chi connectivity index (χ3n) is 3.42. The number of nitrogens with one attached hydrogen (secondary N) is 2. The molecule has 0 atom stereocenters. The second-order valence-corrected chi connectivity index (χ2v) is 5.54.